The molecule has 0 spiro atoms. The first kappa shape index (κ1) is 30.5. The second-order valence-electron chi connectivity index (χ2n) is 9.26. The standard InChI is InChI=1S/C30H37N3O7/c1-3-38-28(35)17-19-33(20-29(36)39-4-2)27(34)16-6-5-11-18-31-32-30(37)40-21-26-24-14-9-7-12-22(24)23-13-8-10-15-25(23)26/h7-10,12-15,26H,3-6,11,16-21H2,1-2H3. The van der Waals surface area contributed by atoms with Crippen molar-refractivity contribution in [3.8, 4) is 11.1 Å². The van der Waals surface area contributed by atoms with E-state index in [2.05, 4.69) is 34.5 Å². The van der Waals surface area contributed by atoms with Crippen LogP contribution >= 0.6 is 0 Å². The lowest BCUT2D eigenvalue weighted by Crippen LogP contribution is -2.38. The second-order valence-corrected chi connectivity index (χ2v) is 9.26. The Bertz CT molecular complexity index is 1150. The van der Waals surface area contributed by atoms with E-state index < -0.39 is 18.0 Å². The van der Waals surface area contributed by atoms with Crippen molar-refractivity contribution >= 4 is 23.9 Å². The van der Waals surface area contributed by atoms with Gasteiger partial charge in [-0.15, -0.1) is 0 Å². The molecule has 0 bridgehead atoms. The van der Waals surface area contributed by atoms with Crippen LogP contribution in [0.5, 0.6) is 0 Å². The van der Waals surface area contributed by atoms with Gasteiger partial charge in [0, 0.05) is 18.9 Å². The molecule has 0 saturated carbocycles. The number of amides is 2. The van der Waals surface area contributed by atoms with E-state index in [0.29, 0.717) is 25.8 Å². The van der Waals surface area contributed by atoms with Crippen molar-refractivity contribution in [2.45, 2.75) is 51.9 Å². The van der Waals surface area contributed by atoms with Gasteiger partial charge in [0.15, 0.2) is 0 Å². The lowest BCUT2D eigenvalue weighted by Gasteiger charge is -2.21. The Morgan fingerprint density at radius 1 is 0.775 bits per heavy atom. The van der Waals surface area contributed by atoms with Crippen molar-refractivity contribution in [1.29, 1.82) is 0 Å². The maximum atomic E-state index is 12.6. The highest BCUT2D eigenvalue weighted by Crippen LogP contribution is 2.44. The number of nitrogens with zero attached hydrogens (tertiary/aromatic N) is 3. The Morgan fingerprint density at radius 2 is 1.40 bits per heavy atom. The van der Waals surface area contributed by atoms with Crippen LogP contribution in [0.1, 0.15) is 63.0 Å². The number of carbonyl (C=O) groups excluding carboxylic acids is 4. The third kappa shape index (κ3) is 9.00. The van der Waals surface area contributed by atoms with E-state index in [-0.39, 0.29) is 57.6 Å². The summed E-state index contributed by atoms with van der Waals surface area (Å²) in [6.07, 6.45) is 1.38. The maximum Gasteiger partial charge on any atom is 0.452 e. The number of azo groups is 1. The molecule has 40 heavy (non-hydrogen) atoms. The van der Waals surface area contributed by atoms with Crippen LogP contribution in [0.25, 0.3) is 11.1 Å². The molecule has 214 valence electrons. The van der Waals surface area contributed by atoms with Gasteiger partial charge < -0.3 is 19.1 Å². The van der Waals surface area contributed by atoms with E-state index in [1.54, 1.807) is 13.8 Å². The van der Waals surface area contributed by atoms with Gasteiger partial charge in [-0.25, -0.2) is 4.79 Å². The van der Waals surface area contributed by atoms with Crippen LogP contribution in [-0.2, 0) is 28.6 Å². The quantitative estimate of drug-likeness (QED) is 0.127. The van der Waals surface area contributed by atoms with Gasteiger partial charge in [0.2, 0.25) is 5.91 Å². The van der Waals surface area contributed by atoms with Gasteiger partial charge in [0.05, 0.1) is 26.2 Å². The summed E-state index contributed by atoms with van der Waals surface area (Å²) in [5, 5.41) is 7.58. The molecule has 2 aromatic carbocycles. The Hall–Kier alpha value is -4.08. The van der Waals surface area contributed by atoms with Crippen molar-refractivity contribution in [1.82, 2.24) is 4.90 Å². The van der Waals surface area contributed by atoms with E-state index in [1.165, 1.54) is 4.90 Å². The number of hydrogen-bond donors (Lipinski definition) is 0. The van der Waals surface area contributed by atoms with Crippen LogP contribution in [0, 0.1) is 0 Å². The van der Waals surface area contributed by atoms with Crippen molar-refractivity contribution in [3.63, 3.8) is 0 Å². The van der Waals surface area contributed by atoms with Crippen LogP contribution in [0.4, 0.5) is 4.79 Å². The molecule has 10 nitrogen and oxygen atoms in total. The van der Waals surface area contributed by atoms with Crippen molar-refractivity contribution in [2.24, 2.45) is 10.2 Å². The zero-order chi connectivity index (χ0) is 28.7. The summed E-state index contributed by atoms with van der Waals surface area (Å²) < 4.78 is 15.2. The first-order valence-corrected chi connectivity index (χ1v) is 13.8. The van der Waals surface area contributed by atoms with Gasteiger partial charge in [-0.1, -0.05) is 60.1 Å². The fourth-order valence-corrected chi connectivity index (χ4v) is 4.64. The fourth-order valence-electron chi connectivity index (χ4n) is 4.64. The molecule has 1 aliphatic rings. The normalized spacial score (nSPS) is 12.1. The number of unbranched alkanes of at least 4 members (excludes halogenated alkanes) is 2. The zero-order valence-electron chi connectivity index (χ0n) is 23.2. The molecule has 0 radical (unpaired) electrons. The highest BCUT2D eigenvalue weighted by molar-refractivity contribution is 5.82. The Kier molecular flexibility index (Phi) is 12.3. The van der Waals surface area contributed by atoms with Gasteiger partial charge >= 0.3 is 18.0 Å². The topological polar surface area (TPSA) is 124 Å². The number of ether oxygens (including phenoxy) is 3. The minimum absolute atomic E-state index is 0.00916. The largest absolute Gasteiger partial charge is 0.466 e. The van der Waals surface area contributed by atoms with Gasteiger partial charge in [0.25, 0.3) is 0 Å². The Labute approximate surface area is 234 Å². The minimum Gasteiger partial charge on any atom is -0.466 e. The van der Waals surface area contributed by atoms with E-state index in [4.69, 9.17) is 14.2 Å². The highest BCUT2D eigenvalue weighted by Gasteiger charge is 2.29. The molecule has 0 heterocycles. The van der Waals surface area contributed by atoms with Crippen molar-refractivity contribution in [2.75, 3.05) is 39.5 Å². The van der Waals surface area contributed by atoms with E-state index in [0.717, 1.165) is 22.3 Å². The minimum atomic E-state index is -0.728. The predicted molar refractivity (Wildman–Crippen MR) is 148 cm³/mol. The van der Waals surface area contributed by atoms with Crippen molar-refractivity contribution < 1.29 is 33.4 Å². The number of rotatable bonds is 15. The van der Waals surface area contributed by atoms with Gasteiger partial charge in [-0.3, -0.25) is 14.4 Å². The molecule has 1 aliphatic carbocycles. The summed E-state index contributed by atoms with van der Waals surface area (Å²) in [4.78, 5) is 49.6. The Morgan fingerprint density at radius 3 is 2.05 bits per heavy atom. The number of fused-ring (bicyclic) bond motifs is 3. The van der Waals surface area contributed by atoms with Crippen LogP contribution in [-0.4, -0.2) is 68.3 Å². The van der Waals surface area contributed by atoms with Gasteiger partial charge in [-0.05, 0) is 48.9 Å². The summed E-state index contributed by atoms with van der Waals surface area (Å²) in [6, 6.07) is 16.2. The van der Waals surface area contributed by atoms with E-state index >= 15 is 0 Å². The Balaban J connectivity index is 1.36. The highest BCUT2D eigenvalue weighted by atomic mass is 16.5. The van der Waals surface area contributed by atoms with Crippen LogP contribution in [0.3, 0.4) is 0 Å². The van der Waals surface area contributed by atoms with Crippen LogP contribution in [0.2, 0.25) is 0 Å². The molecule has 0 N–H and O–H groups in total. The predicted octanol–water partition coefficient (Wildman–Crippen LogP) is 5.29. The average molecular weight is 552 g/mol. The fraction of sp³-hybridized carbons (Fsp3) is 0.467. The number of carbonyl (C=O) groups is 4. The van der Waals surface area contributed by atoms with E-state index in [1.807, 2.05) is 24.3 Å². The average Bonchev–Trinajstić information content (AvgIpc) is 3.27. The van der Waals surface area contributed by atoms with E-state index in [9.17, 15) is 19.2 Å². The lowest BCUT2D eigenvalue weighted by atomic mass is 9.98. The molecule has 10 heteroatoms. The molecule has 0 saturated heterocycles. The van der Waals surface area contributed by atoms with Gasteiger partial charge in [0.1, 0.15) is 13.2 Å². The summed E-state index contributed by atoms with van der Waals surface area (Å²) >= 11 is 0. The molecule has 2 aromatic rings. The summed E-state index contributed by atoms with van der Waals surface area (Å²) in [6.45, 7) is 4.25. The molecule has 0 atom stereocenters. The molecule has 0 aromatic heterocycles. The number of hydrogen-bond acceptors (Lipinski definition) is 8. The molecular formula is C30H37N3O7. The molecule has 0 fully saturated rings. The molecular weight excluding hydrogens is 514 g/mol. The van der Waals surface area contributed by atoms with Crippen LogP contribution < -0.4 is 0 Å². The third-order valence-corrected chi connectivity index (χ3v) is 6.51. The smallest absolute Gasteiger partial charge is 0.452 e. The summed E-state index contributed by atoms with van der Waals surface area (Å²) in [5.74, 6) is -1.22. The first-order chi connectivity index (χ1) is 19.4. The zero-order valence-corrected chi connectivity index (χ0v) is 23.2. The van der Waals surface area contributed by atoms with Crippen molar-refractivity contribution in [3.05, 3.63) is 59.7 Å². The monoisotopic (exact) mass is 551 g/mol. The third-order valence-electron chi connectivity index (χ3n) is 6.51. The lowest BCUT2D eigenvalue weighted by molar-refractivity contribution is -0.150. The molecule has 2 amide bonds. The number of esters is 2. The van der Waals surface area contributed by atoms with Crippen LogP contribution in [0.15, 0.2) is 58.8 Å². The maximum absolute atomic E-state index is 12.6. The molecule has 0 aliphatic heterocycles. The second kappa shape index (κ2) is 16.1. The molecule has 0 unspecified atom stereocenters. The summed E-state index contributed by atoms with van der Waals surface area (Å²) in [7, 11) is 0. The molecule has 3 rings (SSSR count). The summed E-state index contributed by atoms with van der Waals surface area (Å²) in [5.41, 5.74) is 4.57. The SMILES string of the molecule is CCOC(=O)CCN(CC(=O)OCC)C(=O)CCCCCN=NC(=O)OCC1c2ccccc2-c2ccccc21. The number of benzene rings is 2. The first-order valence-electron chi connectivity index (χ1n) is 13.8. The van der Waals surface area contributed by atoms with Gasteiger partial charge in [-0.2, -0.15) is 5.11 Å².